The van der Waals surface area contributed by atoms with Crippen LogP contribution in [0.15, 0.2) is 89.1 Å². The van der Waals surface area contributed by atoms with Crippen molar-refractivity contribution >= 4 is 22.5 Å². The number of benzene rings is 3. The molecule has 1 aromatic heterocycles. The number of fused-ring (bicyclic) bond motifs is 1. The lowest BCUT2D eigenvalue weighted by atomic mass is 10.2. The van der Waals surface area contributed by atoms with Crippen LogP contribution in [0, 0.1) is 0 Å². The molecule has 0 saturated heterocycles. The largest absolute Gasteiger partial charge is 0.507 e. The molecule has 6 heteroatoms. The molecule has 138 valence electrons. The van der Waals surface area contributed by atoms with Gasteiger partial charge in [0.25, 0.3) is 5.91 Å². The van der Waals surface area contributed by atoms with Crippen molar-refractivity contribution in [2.75, 3.05) is 0 Å². The first-order valence-corrected chi connectivity index (χ1v) is 8.73. The Hall–Kier alpha value is -3.93. The molecule has 0 atom stereocenters. The van der Waals surface area contributed by atoms with E-state index in [2.05, 4.69) is 10.2 Å². The third-order valence-electron chi connectivity index (χ3n) is 4.48. The summed E-state index contributed by atoms with van der Waals surface area (Å²) in [4.78, 5) is 12.3. The number of carbonyl (C=O) groups is 1. The number of hydrogen-bond donors (Lipinski definition) is 2. The Bertz CT molecular complexity index is 1180. The van der Waals surface area contributed by atoms with Gasteiger partial charge in [0, 0.05) is 5.39 Å². The number of nitrogens with zero attached hydrogens (tertiary/aromatic N) is 3. The van der Waals surface area contributed by atoms with Crippen LogP contribution in [0.3, 0.4) is 0 Å². The van der Waals surface area contributed by atoms with Gasteiger partial charge in [-0.15, -0.1) is 10.2 Å². The normalized spacial score (nSPS) is 11.3. The van der Waals surface area contributed by atoms with Crippen molar-refractivity contribution in [1.82, 2.24) is 4.57 Å². The summed E-state index contributed by atoms with van der Waals surface area (Å²) in [7, 11) is 0. The maximum absolute atomic E-state index is 12.3. The summed E-state index contributed by atoms with van der Waals surface area (Å²) in [5.74, 6) is -0.918. The highest BCUT2D eigenvalue weighted by atomic mass is 16.3. The molecule has 0 bridgehead atoms. The van der Waals surface area contributed by atoms with Crippen LogP contribution in [0.25, 0.3) is 10.9 Å². The fourth-order valence-corrected chi connectivity index (χ4v) is 3.10. The Kier molecular flexibility index (Phi) is 4.60. The number of rotatable bonds is 4. The number of aromatic hydroxyl groups is 2. The van der Waals surface area contributed by atoms with Crippen molar-refractivity contribution in [2.45, 2.75) is 6.54 Å². The number of para-hydroxylation sites is 2. The van der Waals surface area contributed by atoms with E-state index in [0.29, 0.717) is 11.9 Å². The smallest absolute Gasteiger partial charge is 0.299 e. The van der Waals surface area contributed by atoms with Crippen LogP contribution >= 0.6 is 0 Å². The van der Waals surface area contributed by atoms with E-state index >= 15 is 0 Å². The van der Waals surface area contributed by atoms with Crippen LogP contribution in [0.5, 0.6) is 11.6 Å². The van der Waals surface area contributed by atoms with Crippen molar-refractivity contribution in [1.29, 1.82) is 0 Å². The van der Waals surface area contributed by atoms with Gasteiger partial charge in [-0.05, 0) is 23.8 Å². The van der Waals surface area contributed by atoms with E-state index in [4.69, 9.17) is 0 Å². The fourth-order valence-electron chi connectivity index (χ4n) is 3.10. The quantitative estimate of drug-likeness (QED) is 0.494. The predicted molar refractivity (Wildman–Crippen MR) is 106 cm³/mol. The summed E-state index contributed by atoms with van der Waals surface area (Å²) in [6, 6.07) is 23.3. The summed E-state index contributed by atoms with van der Waals surface area (Å²) < 4.78 is 1.73. The first-order chi connectivity index (χ1) is 13.6. The van der Waals surface area contributed by atoms with Gasteiger partial charge >= 0.3 is 0 Å². The topological polar surface area (TPSA) is 87.2 Å². The van der Waals surface area contributed by atoms with Crippen molar-refractivity contribution in [3.05, 3.63) is 90.0 Å². The number of phenolic OH excluding ortho intramolecular Hbond substituents is 1. The molecule has 0 unspecified atom stereocenters. The minimum absolute atomic E-state index is 0.0544. The summed E-state index contributed by atoms with van der Waals surface area (Å²) in [6.45, 7) is 0.454. The van der Waals surface area contributed by atoms with E-state index < -0.39 is 5.91 Å². The molecule has 4 rings (SSSR count). The summed E-state index contributed by atoms with van der Waals surface area (Å²) in [6.07, 6.45) is 0. The predicted octanol–water partition coefficient (Wildman–Crippen LogP) is 5.02. The molecule has 3 aromatic carbocycles. The number of azo groups is 1. The average molecular weight is 371 g/mol. The molecule has 6 nitrogen and oxygen atoms in total. The maximum atomic E-state index is 12.3. The second-order valence-corrected chi connectivity index (χ2v) is 6.28. The summed E-state index contributed by atoms with van der Waals surface area (Å²) in [5, 5.41) is 29.0. The van der Waals surface area contributed by atoms with Gasteiger partial charge in [0.05, 0.1) is 17.6 Å². The fraction of sp³-hybridized carbons (Fsp3) is 0.0455. The first-order valence-electron chi connectivity index (χ1n) is 8.73. The third-order valence-corrected chi connectivity index (χ3v) is 4.48. The molecule has 1 amide bonds. The average Bonchev–Trinajstić information content (AvgIpc) is 2.99. The molecule has 0 radical (unpaired) electrons. The first kappa shape index (κ1) is 17.5. The van der Waals surface area contributed by atoms with Crippen LogP contribution in [0.2, 0.25) is 0 Å². The molecule has 0 fully saturated rings. The SMILES string of the molecule is O=C(N=Nc1c(O)n(Cc2ccccc2)c2ccccc12)c1ccccc1O. The molecule has 2 N–H and O–H groups in total. The molecule has 4 aromatic rings. The molecule has 0 aliphatic rings. The Balaban J connectivity index is 1.74. The van der Waals surface area contributed by atoms with E-state index in [9.17, 15) is 15.0 Å². The zero-order valence-corrected chi connectivity index (χ0v) is 14.9. The van der Waals surface area contributed by atoms with E-state index in [0.717, 1.165) is 11.1 Å². The Morgan fingerprint density at radius 1 is 0.857 bits per heavy atom. The van der Waals surface area contributed by atoms with Crippen LogP contribution in [0.4, 0.5) is 5.69 Å². The van der Waals surface area contributed by atoms with Gasteiger partial charge in [-0.2, -0.15) is 0 Å². The van der Waals surface area contributed by atoms with E-state index in [-0.39, 0.29) is 22.9 Å². The lowest BCUT2D eigenvalue weighted by molar-refractivity contribution is 0.0992. The number of amides is 1. The third kappa shape index (κ3) is 3.23. The number of phenols is 1. The van der Waals surface area contributed by atoms with Crippen molar-refractivity contribution in [3.63, 3.8) is 0 Å². The second-order valence-electron chi connectivity index (χ2n) is 6.28. The zero-order valence-electron chi connectivity index (χ0n) is 14.9. The summed E-state index contributed by atoms with van der Waals surface area (Å²) in [5.41, 5.74) is 2.08. The maximum Gasteiger partial charge on any atom is 0.299 e. The minimum Gasteiger partial charge on any atom is -0.507 e. The number of hydrogen-bond acceptors (Lipinski definition) is 4. The van der Waals surface area contributed by atoms with Crippen LogP contribution in [-0.2, 0) is 6.54 Å². The van der Waals surface area contributed by atoms with Gasteiger partial charge in [0.15, 0.2) is 5.69 Å². The highest BCUT2D eigenvalue weighted by Gasteiger charge is 2.17. The Morgan fingerprint density at radius 3 is 2.32 bits per heavy atom. The lowest BCUT2D eigenvalue weighted by Crippen LogP contribution is -1.98. The van der Waals surface area contributed by atoms with Crippen molar-refractivity contribution in [2.24, 2.45) is 10.2 Å². The molecule has 28 heavy (non-hydrogen) atoms. The Labute approximate surface area is 161 Å². The van der Waals surface area contributed by atoms with E-state index in [1.165, 1.54) is 12.1 Å². The zero-order chi connectivity index (χ0) is 19.5. The van der Waals surface area contributed by atoms with E-state index in [1.54, 1.807) is 16.7 Å². The molecular weight excluding hydrogens is 354 g/mol. The minimum atomic E-state index is -0.683. The highest BCUT2D eigenvalue weighted by molar-refractivity contribution is 5.98. The summed E-state index contributed by atoms with van der Waals surface area (Å²) >= 11 is 0. The second kappa shape index (κ2) is 7.36. The molecule has 0 spiro atoms. The lowest BCUT2D eigenvalue weighted by Gasteiger charge is -2.06. The van der Waals surface area contributed by atoms with E-state index in [1.807, 2.05) is 54.6 Å². The number of aromatic nitrogens is 1. The van der Waals surface area contributed by atoms with Crippen LogP contribution < -0.4 is 0 Å². The molecular formula is C22H17N3O3. The highest BCUT2D eigenvalue weighted by Crippen LogP contribution is 2.39. The Morgan fingerprint density at radius 2 is 1.54 bits per heavy atom. The monoisotopic (exact) mass is 371 g/mol. The van der Waals surface area contributed by atoms with Gasteiger partial charge in [-0.1, -0.05) is 60.7 Å². The van der Waals surface area contributed by atoms with Crippen LogP contribution in [-0.4, -0.2) is 20.7 Å². The van der Waals surface area contributed by atoms with Gasteiger partial charge in [0.2, 0.25) is 5.88 Å². The van der Waals surface area contributed by atoms with Gasteiger partial charge in [-0.25, -0.2) is 0 Å². The van der Waals surface area contributed by atoms with Gasteiger partial charge < -0.3 is 14.8 Å². The molecule has 1 heterocycles. The van der Waals surface area contributed by atoms with Crippen molar-refractivity contribution in [3.8, 4) is 11.6 Å². The standard InChI is InChI=1S/C22H17N3O3/c26-19-13-7-5-11-17(19)21(27)24-23-20-16-10-4-6-12-18(16)25(22(20)28)14-15-8-2-1-3-9-15/h1-13,26,28H,14H2. The van der Waals surface area contributed by atoms with Crippen molar-refractivity contribution < 1.29 is 15.0 Å². The molecule has 0 aliphatic heterocycles. The molecule has 0 saturated carbocycles. The van der Waals surface area contributed by atoms with Gasteiger partial charge in [0.1, 0.15) is 5.75 Å². The number of carbonyl (C=O) groups excluding carboxylic acids is 1. The van der Waals surface area contributed by atoms with Gasteiger partial charge in [-0.3, -0.25) is 4.79 Å². The molecule has 0 aliphatic carbocycles. The van der Waals surface area contributed by atoms with Crippen LogP contribution in [0.1, 0.15) is 15.9 Å².